The van der Waals surface area contributed by atoms with Crippen molar-refractivity contribution in [2.75, 3.05) is 0 Å². The van der Waals surface area contributed by atoms with E-state index >= 15 is 0 Å². The van der Waals surface area contributed by atoms with Crippen LogP contribution >= 0.6 is 12.4 Å². The van der Waals surface area contributed by atoms with Crippen molar-refractivity contribution in [3.63, 3.8) is 0 Å². The lowest BCUT2D eigenvalue weighted by Gasteiger charge is -2.28. The summed E-state index contributed by atoms with van der Waals surface area (Å²) in [7, 11) is 0. The normalized spacial score (nSPS) is 12.7. The Kier molecular flexibility index (Phi) is 6.04. The first-order valence-corrected chi connectivity index (χ1v) is 3.92. The molecule has 78 valence electrons. The molecule has 0 saturated carbocycles. The standard InChI is InChI=1S/C9H17NO2.ClH/c1-6(2)8(11)12-9(4,5)7(3)10;/h7H,1,10H2,2-5H3;1H. The summed E-state index contributed by atoms with van der Waals surface area (Å²) in [5.41, 5.74) is 5.38. The zero-order valence-electron chi connectivity index (χ0n) is 8.59. The Hall–Kier alpha value is -0.540. The van der Waals surface area contributed by atoms with Gasteiger partial charge < -0.3 is 10.5 Å². The van der Waals surface area contributed by atoms with E-state index in [-0.39, 0.29) is 18.4 Å². The van der Waals surface area contributed by atoms with E-state index in [0.717, 1.165) is 0 Å². The van der Waals surface area contributed by atoms with Gasteiger partial charge in [0.05, 0.1) is 0 Å². The molecule has 0 heterocycles. The van der Waals surface area contributed by atoms with Crippen LogP contribution < -0.4 is 5.73 Å². The van der Waals surface area contributed by atoms with E-state index in [1.54, 1.807) is 27.7 Å². The smallest absolute Gasteiger partial charge is 0.333 e. The second kappa shape index (κ2) is 5.25. The van der Waals surface area contributed by atoms with Gasteiger partial charge in [-0.25, -0.2) is 4.79 Å². The van der Waals surface area contributed by atoms with Crippen molar-refractivity contribution in [1.82, 2.24) is 0 Å². The molecule has 0 spiro atoms. The molecule has 0 amide bonds. The lowest BCUT2D eigenvalue weighted by Crippen LogP contribution is -2.44. The van der Waals surface area contributed by atoms with E-state index in [2.05, 4.69) is 6.58 Å². The maximum absolute atomic E-state index is 11.1. The highest BCUT2D eigenvalue weighted by Gasteiger charge is 2.27. The fraction of sp³-hybridized carbons (Fsp3) is 0.667. The molecule has 0 aromatic heterocycles. The van der Waals surface area contributed by atoms with E-state index in [1.165, 1.54) is 0 Å². The van der Waals surface area contributed by atoms with Crippen LogP contribution in [0.25, 0.3) is 0 Å². The maximum atomic E-state index is 11.1. The van der Waals surface area contributed by atoms with Crippen LogP contribution in [-0.2, 0) is 9.53 Å². The molecule has 0 rings (SSSR count). The Balaban J connectivity index is 0. The van der Waals surface area contributed by atoms with Gasteiger partial charge in [0.1, 0.15) is 5.60 Å². The average molecular weight is 208 g/mol. The van der Waals surface area contributed by atoms with Gasteiger partial charge in [0.25, 0.3) is 0 Å². The van der Waals surface area contributed by atoms with Crippen molar-refractivity contribution < 1.29 is 9.53 Å². The second-order valence-electron chi connectivity index (χ2n) is 3.56. The molecule has 1 atom stereocenters. The molecule has 1 unspecified atom stereocenters. The quantitative estimate of drug-likeness (QED) is 0.566. The molecule has 0 bridgehead atoms. The maximum Gasteiger partial charge on any atom is 0.333 e. The van der Waals surface area contributed by atoms with Crippen LogP contribution in [0.2, 0.25) is 0 Å². The fourth-order valence-corrected chi connectivity index (χ4v) is 0.419. The van der Waals surface area contributed by atoms with Gasteiger partial charge in [0.2, 0.25) is 0 Å². The van der Waals surface area contributed by atoms with Crippen molar-refractivity contribution in [2.45, 2.75) is 39.3 Å². The van der Waals surface area contributed by atoms with Crippen molar-refractivity contribution in [3.05, 3.63) is 12.2 Å². The molecule has 13 heavy (non-hydrogen) atoms. The first kappa shape index (κ1) is 15.0. The predicted molar refractivity (Wildman–Crippen MR) is 55.9 cm³/mol. The molecular weight excluding hydrogens is 190 g/mol. The molecule has 4 heteroatoms. The third-order valence-corrected chi connectivity index (χ3v) is 1.80. The lowest BCUT2D eigenvalue weighted by molar-refractivity contribution is -0.152. The van der Waals surface area contributed by atoms with Crippen LogP contribution in [0.5, 0.6) is 0 Å². The first-order valence-electron chi connectivity index (χ1n) is 3.92. The molecule has 0 saturated heterocycles. The second-order valence-corrected chi connectivity index (χ2v) is 3.56. The summed E-state index contributed by atoms with van der Waals surface area (Å²) >= 11 is 0. The number of ether oxygens (including phenoxy) is 1. The number of rotatable bonds is 3. The van der Waals surface area contributed by atoms with E-state index in [1.807, 2.05) is 0 Å². The van der Waals surface area contributed by atoms with E-state index in [9.17, 15) is 4.79 Å². The van der Waals surface area contributed by atoms with Gasteiger partial charge in [0, 0.05) is 11.6 Å². The van der Waals surface area contributed by atoms with Gasteiger partial charge >= 0.3 is 5.97 Å². The summed E-state index contributed by atoms with van der Waals surface area (Å²) in [5.74, 6) is -0.391. The largest absolute Gasteiger partial charge is 0.455 e. The Morgan fingerprint density at radius 1 is 1.54 bits per heavy atom. The van der Waals surface area contributed by atoms with E-state index in [4.69, 9.17) is 10.5 Å². The van der Waals surface area contributed by atoms with Crippen molar-refractivity contribution in [1.29, 1.82) is 0 Å². The minimum atomic E-state index is -0.629. The Morgan fingerprint density at radius 3 is 2.15 bits per heavy atom. The van der Waals surface area contributed by atoms with Gasteiger partial charge in [0.15, 0.2) is 0 Å². The third kappa shape index (κ3) is 4.90. The molecule has 0 aliphatic rings. The number of carbonyl (C=O) groups excluding carboxylic acids is 1. The van der Waals surface area contributed by atoms with Crippen molar-refractivity contribution >= 4 is 18.4 Å². The van der Waals surface area contributed by atoms with Crippen LogP contribution in [0.3, 0.4) is 0 Å². The fourth-order valence-electron chi connectivity index (χ4n) is 0.419. The zero-order chi connectivity index (χ0) is 9.94. The molecule has 0 aromatic rings. The molecule has 0 aliphatic heterocycles. The first-order chi connectivity index (χ1) is 5.27. The highest BCUT2D eigenvalue weighted by Crippen LogP contribution is 2.14. The number of esters is 1. The summed E-state index contributed by atoms with van der Waals surface area (Å²) < 4.78 is 5.10. The number of hydrogen-bond donors (Lipinski definition) is 1. The van der Waals surface area contributed by atoms with Crippen LogP contribution in [0.4, 0.5) is 0 Å². The van der Waals surface area contributed by atoms with Gasteiger partial charge in [-0.1, -0.05) is 6.58 Å². The summed E-state index contributed by atoms with van der Waals surface area (Å²) in [6.45, 7) is 10.4. The Labute approximate surface area is 85.7 Å². The summed E-state index contributed by atoms with van der Waals surface area (Å²) in [6.07, 6.45) is 0. The lowest BCUT2D eigenvalue weighted by atomic mass is 10.0. The van der Waals surface area contributed by atoms with Gasteiger partial charge in [-0.2, -0.15) is 0 Å². The molecule has 0 radical (unpaired) electrons. The van der Waals surface area contributed by atoms with Crippen molar-refractivity contribution in [2.24, 2.45) is 5.73 Å². The predicted octanol–water partition coefficient (Wildman–Crippen LogP) is 1.65. The van der Waals surface area contributed by atoms with E-state index in [0.29, 0.717) is 5.57 Å². The number of carbonyl (C=O) groups is 1. The van der Waals surface area contributed by atoms with Gasteiger partial charge in [-0.3, -0.25) is 0 Å². The van der Waals surface area contributed by atoms with Crippen LogP contribution in [0, 0.1) is 0 Å². The molecule has 2 N–H and O–H groups in total. The number of nitrogens with two attached hydrogens (primary N) is 1. The topological polar surface area (TPSA) is 52.3 Å². The average Bonchev–Trinajstić information content (AvgIpc) is 1.85. The zero-order valence-corrected chi connectivity index (χ0v) is 9.40. The van der Waals surface area contributed by atoms with E-state index < -0.39 is 11.6 Å². The minimum Gasteiger partial charge on any atom is -0.455 e. The van der Waals surface area contributed by atoms with Crippen LogP contribution in [0.15, 0.2) is 12.2 Å². The van der Waals surface area contributed by atoms with Gasteiger partial charge in [-0.05, 0) is 27.7 Å². The van der Waals surface area contributed by atoms with Crippen LogP contribution in [-0.4, -0.2) is 17.6 Å². The Bertz CT molecular complexity index is 200. The molecule has 0 fully saturated rings. The minimum absolute atomic E-state index is 0. The SMILES string of the molecule is C=C(C)C(=O)OC(C)(C)C(C)N.Cl. The van der Waals surface area contributed by atoms with Gasteiger partial charge in [-0.15, -0.1) is 12.4 Å². The third-order valence-electron chi connectivity index (χ3n) is 1.80. The Morgan fingerprint density at radius 2 is 1.92 bits per heavy atom. The highest BCUT2D eigenvalue weighted by atomic mass is 35.5. The number of hydrogen-bond acceptors (Lipinski definition) is 3. The molecule has 0 aromatic carbocycles. The summed E-state index contributed by atoms with van der Waals surface area (Å²) in [4.78, 5) is 11.1. The summed E-state index contributed by atoms with van der Waals surface area (Å²) in [5, 5.41) is 0. The molecule has 3 nitrogen and oxygen atoms in total. The van der Waals surface area contributed by atoms with Crippen LogP contribution in [0.1, 0.15) is 27.7 Å². The van der Waals surface area contributed by atoms with Crippen molar-refractivity contribution in [3.8, 4) is 0 Å². The summed E-state index contributed by atoms with van der Waals surface area (Å²) in [6, 6.07) is -0.194. The number of halogens is 1. The molecular formula is C9H18ClNO2. The highest BCUT2D eigenvalue weighted by molar-refractivity contribution is 5.87. The monoisotopic (exact) mass is 207 g/mol. The molecule has 0 aliphatic carbocycles.